The fraction of sp³-hybridized carbons (Fsp3) is 0.500. The average molecular weight is 210 g/mol. The molecule has 0 aliphatic heterocycles. The van der Waals surface area contributed by atoms with Crippen LogP contribution in [0.3, 0.4) is 0 Å². The SMILES string of the molecule is COc1ccc(C(C)CCO)cc1OC. The summed E-state index contributed by atoms with van der Waals surface area (Å²) in [6, 6.07) is 5.85. The fourth-order valence-electron chi connectivity index (χ4n) is 1.52. The van der Waals surface area contributed by atoms with Gasteiger partial charge in [-0.2, -0.15) is 0 Å². The minimum atomic E-state index is 0.204. The number of hydrogen-bond acceptors (Lipinski definition) is 3. The lowest BCUT2D eigenvalue weighted by molar-refractivity contribution is 0.278. The molecule has 0 fully saturated rings. The van der Waals surface area contributed by atoms with E-state index in [1.165, 1.54) is 0 Å². The lowest BCUT2D eigenvalue weighted by Crippen LogP contribution is -1.98. The quantitative estimate of drug-likeness (QED) is 0.809. The first kappa shape index (κ1) is 11.9. The molecule has 1 aromatic rings. The second kappa shape index (κ2) is 5.61. The predicted octanol–water partition coefficient (Wildman–Crippen LogP) is 2.19. The van der Waals surface area contributed by atoms with E-state index < -0.39 is 0 Å². The van der Waals surface area contributed by atoms with Gasteiger partial charge in [-0.1, -0.05) is 13.0 Å². The maximum absolute atomic E-state index is 8.87. The Kier molecular flexibility index (Phi) is 4.43. The molecule has 0 radical (unpaired) electrons. The van der Waals surface area contributed by atoms with Gasteiger partial charge in [0.25, 0.3) is 0 Å². The van der Waals surface area contributed by atoms with Crippen molar-refractivity contribution in [2.45, 2.75) is 19.3 Å². The number of methoxy groups -OCH3 is 2. The van der Waals surface area contributed by atoms with Crippen LogP contribution in [0.15, 0.2) is 18.2 Å². The zero-order valence-electron chi connectivity index (χ0n) is 9.49. The van der Waals surface area contributed by atoms with Crippen LogP contribution in [0.2, 0.25) is 0 Å². The van der Waals surface area contributed by atoms with Crippen LogP contribution in [0.25, 0.3) is 0 Å². The van der Waals surface area contributed by atoms with Crippen LogP contribution in [0.1, 0.15) is 24.8 Å². The topological polar surface area (TPSA) is 38.7 Å². The number of rotatable bonds is 5. The molecule has 0 aliphatic rings. The Morgan fingerprint density at radius 1 is 1.20 bits per heavy atom. The summed E-state index contributed by atoms with van der Waals surface area (Å²) < 4.78 is 10.4. The van der Waals surface area contributed by atoms with Crippen molar-refractivity contribution in [1.29, 1.82) is 0 Å². The zero-order valence-corrected chi connectivity index (χ0v) is 9.49. The molecule has 3 nitrogen and oxygen atoms in total. The van der Waals surface area contributed by atoms with Crippen LogP contribution in [0.5, 0.6) is 11.5 Å². The van der Waals surface area contributed by atoms with Crippen molar-refractivity contribution in [3.63, 3.8) is 0 Å². The molecule has 0 bridgehead atoms. The predicted molar refractivity (Wildman–Crippen MR) is 59.7 cm³/mol. The molecule has 1 atom stereocenters. The Hall–Kier alpha value is -1.22. The van der Waals surface area contributed by atoms with Crippen molar-refractivity contribution in [2.24, 2.45) is 0 Å². The van der Waals surface area contributed by atoms with Crippen molar-refractivity contribution in [3.05, 3.63) is 23.8 Å². The Balaban J connectivity index is 2.92. The molecule has 1 unspecified atom stereocenters. The summed E-state index contributed by atoms with van der Waals surface area (Å²) in [5.41, 5.74) is 1.15. The van der Waals surface area contributed by atoms with Gasteiger partial charge < -0.3 is 14.6 Å². The number of ether oxygens (including phenoxy) is 2. The summed E-state index contributed by atoms with van der Waals surface area (Å²) in [6.45, 7) is 2.28. The van der Waals surface area contributed by atoms with Gasteiger partial charge in [0.2, 0.25) is 0 Å². The third-order valence-corrected chi connectivity index (χ3v) is 2.54. The molecule has 3 heteroatoms. The molecule has 15 heavy (non-hydrogen) atoms. The summed E-state index contributed by atoms with van der Waals surface area (Å²) in [5, 5.41) is 8.87. The van der Waals surface area contributed by atoms with Crippen molar-refractivity contribution in [1.82, 2.24) is 0 Å². The van der Waals surface area contributed by atoms with Crippen molar-refractivity contribution in [2.75, 3.05) is 20.8 Å². The summed E-state index contributed by atoms with van der Waals surface area (Å²) >= 11 is 0. The number of hydrogen-bond donors (Lipinski definition) is 1. The van der Waals surface area contributed by atoms with E-state index in [0.29, 0.717) is 5.92 Å². The second-order valence-electron chi connectivity index (χ2n) is 3.53. The highest BCUT2D eigenvalue weighted by Gasteiger charge is 2.09. The van der Waals surface area contributed by atoms with Gasteiger partial charge in [-0.15, -0.1) is 0 Å². The summed E-state index contributed by atoms with van der Waals surface area (Å²) in [5.74, 6) is 1.80. The minimum absolute atomic E-state index is 0.204. The third-order valence-electron chi connectivity index (χ3n) is 2.54. The van der Waals surface area contributed by atoms with Crippen molar-refractivity contribution >= 4 is 0 Å². The van der Waals surface area contributed by atoms with Gasteiger partial charge in [-0.25, -0.2) is 0 Å². The number of benzene rings is 1. The van der Waals surface area contributed by atoms with Gasteiger partial charge >= 0.3 is 0 Å². The van der Waals surface area contributed by atoms with Crippen LogP contribution in [0, 0.1) is 0 Å². The Morgan fingerprint density at radius 2 is 1.87 bits per heavy atom. The molecule has 0 saturated carbocycles. The molecule has 0 aliphatic carbocycles. The molecule has 84 valence electrons. The molecule has 0 spiro atoms. The molecule has 1 N–H and O–H groups in total. The molecule has 0 amide bonds. The first-order chi connectivity index (χ1) is 7.22. The molecular formula is C12H18O3. The summed E-state index contributed by atoms with van der Waals surface area (Å²) in [6.07, 6.45) is 0.759. The van der Waals surface area contributed by atoms with Crippen molar-refractivity contribution < 1.29 is 14.6 Å². The zero-order chi connectivity index (χ0) is 11.3. The van der Waals surface area contributed by atoms with Gasteiger partial charge in [0.05, 0.1) is 14.2 Å². The monoisotopic (exact) mass is 210 g/mol. The molecule has 1 rings (SSSR count). The van der Waals surface area contributed by atoms with Crippen LogP contribution in [-0.2, 0) is 0 Å². The Labute approximate surface area is 90.6 Å². The lowest BCUT2D eigenvalue weighted by Gasteiger charge is -2.13. The van der Waals surface area contributed by atoms with E-state index in [-0.39, 0.29) is 6.61 Å². The number of aliphatic hydroxyl groups is 1. The number of aliphatic hydroxyl groups excluding tert-OH is 1. The maximum atomic E-state index is 8.87. The van der Waals surface area contributed by atoms with E-state index in [1.54, 1.807) is 14.2 Å². The van der Waals surface area contributed by atoms with Crippen LogP contribution in [-0.4, -0.2) is 25.9 Å². The average Bonchev–Trinajstić information content (AvgIpc) is 2.28. The fourth-order valence-corrected chi connectivity index (χ4v) is 1.52. The van der Waals surface area contributed by atoms with E-state index in [1.807, 2.05) is 18.2 Å². The summed E-state index contributed by atoms with van der Waals surface area (Å²) in [4.78, 5) is 0. The van der Waals surface area contributed by atoms with Crippen LogP contribution >= 0.6 is 0 Å². The van der Waals surface area contributed by atoms with Gasteiger partial charge in [0.15, 0.2) is 11.5 Å². The smallest absolute Gasteiger partial charge is 0.160 e. The van der Waals surface area contributed by atoms with E-state index in [0.717, 1.165) is 23.5 Å². The molecule has 0 aromatic heterocycles. The van der Waals surface area contributed by atoms with Gasteiger partial charge in [0, 0.05) is 6.61 Å². The first-order valence-corrected chi connectivity index (χ1v) is 5.05. The first-order valence-electron chi connectivity index (χ1n) is 5.05. The highest BCUT2D eigenvalue weighted by atomic mass is 16.5. The second-order valence-corrected chi connectivity index (χ2v) is 3.53. The Bertz CT molecular complexity index is 310. The van der Waals surface area contributed by atoms with E-state index in [9.17, 15) is 0 Å². The third kappa shape index (κ3) is 2.86. The lowest BCUT2D eigenvalue weighted by atomic mass is 9.98. The van der Waals surface area contributed by atoms with E-state index in [2.05, 4.69) is 6.92 Å². The maximum Gasteiger partial charge on any atom is 0.160 e. The highest BCUT2D eigenvalue weighted by molar-refractivity contribution is 5.43. The molecule has 1 aromatic carbocycles. The molecule has 0 heterocycles. The highest BCUT2D eigenvalue weighted by Crippen LogP contribution is 2.31. The molecule has 0 saturated heterocycles. The largest absolute Gasteiger partial charge is 0.493 e. The van der Waals surface area contributed by atoms with E-state index in [4.69, 9.17) is 14.6 Å². The molecular weight excluding hydrogens is 192 g/mol. The van der Waals surface area contributed by atoms with Crippen LogP contribution in [0.4, 0.5) is 0 Å². The minimum Gasteiger partial charge on any atom is -0.493 e. The Morgan fingerprint density at radius 3 is 2.40 bits per heavy atom. The van der Waals surface area contributed by atoms with E-state index >= 15 is 0 Å². The van der Waals surface area contributed by atoms with Crippen molar-refractivity contribution in [3.8, 4) is 11.5 Å². The van der Waals surface area contributed by atoms with Gasteiger partial charge in [-0.05, 0) is 30.0 Å². The standard InChI is InChI=1S/C12H18O3/c1-9(6-7-13)10-4-5-11(14-2)12(8-10)15-3/h4-5,8-9,13H,6-7H2,1-3H3. The van der Waals surface area contributed by atoms with Gasteiger partial charge in [-0.3, -0.25) is 0 Å². The van der Waals surface area contributed by atoms with Crippen LogP contribution < -0.4 is 9.47 Å². The van der Waals surface area contributed by atoms with Gasteiger partial charge in [0.1, 0.15) is 0 Å². The normalized spacial score (nSPS) is 12.3. The summed E-state index contributed by atoms with van der Waals surface area (Å²) in [7, 11) is 3.24.